The number of amides is 1. The van der Waals surface area contributed by atoms with E-state index >= 15 is 0 Å². The average Bonchev–Trinajstić information content (AvgIpc) is 3.10. The van der Waals surface area contributed by atoms with Gasteiger partial charge >= 0.3 is 0 Å². The minimum Gasteiger partial charge on any atom is -0.295 e. The van der Waals surface area contributed by atoms with Gasteiger partial charge in [0.15, 0.2) is 5.69 Å². The third-order valence-electron chi connectivity index (χ3n) is 4.85. The molecule has 4 nitrogen and oxygen atoms in total. The number of rotatable bonds is 3. The number of carbonyl (C=O) groups excluding carboxylic acids is 1. The zero-order valence-corrected chi connectivity index (χ0v) is 15.0. The van der Waals surface area contributed by atoms with E-state index < -0.39 is 0 Å². The highest BCUT2D eigenvalue weighted by molar-refractivity contribution is 6.10. The maximum absolute atomic E-state index is 13.5. The second-order valence-corrected chi connectivity index (χ2v) is 6.89. The Bertz CT molecular complexity index is 961. The smallest absolute Gasteiger partial charge is 0.280 e. The van der Waals surface area contributed by atoms with Crippen LogP contribution in [0, 0.1) is 5.82 Å². The summed E-state index contributed by atoms with van der Waals surface area (Å²) in [4.78, 5) is 15.0. The number of halogens is 1. The van der Waals surface area contributed by atoms with Gasteiger partial charge in [-0.1, -0.05) is 44.2 Å². The van der Waals surface area contributed by atoms with Crippen molar-refractivity contribution in [3.8, 4) is 0 Å². The zero-order valence-electron chi connectivity index (χ0n) is 15.0. The first kappa shape index (κ1) is 16.5. The molecule has 0 saturated heterocycles. The summed E-state index contributed by atoms with van der Waals surface area (Å²) in [6, 6.07) is 15.6. The van der Waals surface area contributed by atoms with E-state index in [1.807, 2.05) is 37.4 Å². The van der Waals surface area contributed by atoms with Crippen LogP contribution in [0.3, 0.4) is 0 Å². The molecule has 1 unspecified atom stereocenters. The van der Waals surface area contributed by atoms with Crippen molar-refractivity contribution in [1.82, 2.24) is 9.78 Å². The molecule has 3 aromatic rings. The van der Waals surface area contributed by atoms with Crippen LogP contribution in [0.4, 0.5) is 10.1 Å². The normalized spacial score (nSPS) is 16.4. The monoisotopic (exact) mass is 349 g/mol. The highest BCUT2D eigenvalue weighted by atomic mass is 19.1. The van der Waals surface area contributed by atoms with Crippen molar-refractivity contribution in [1.29, 1.82) is 0 Å². The third kappa shape index (κ3) is 2.43. The standard InChI is InChI=1S/C21H20FN3O/c1-13(2)19-17-18(23-24(19)3)21(26)25(16-7-5-4-6-8-16)20(17)14-9-11-15(22)12-10-14/h4-13,20H,1-3H3. The fraction of sp³-hybridized carbons (Fsp3) is 0.238. The van der Waals surface area contributed by atoms with E-state index in [1.165, 1.54) is 12.1 Å². The van der Waals surface area contributed by atoms with E-state index in [-0.39, 0.29) is 23.7 Å². The number of hydrogen-bond acceptors (Lipinski definition) is 2. The lowest BCUT2D eigenvalue weighted by atomic mass is 9.94. The Hall–Kier alpha value is -2.95. The summed E-state index contributed by atoms with van der Waals surface area (Å²) in [6.45, 7) is 4.18. The molecular weight excluding hydrogens is 329 g/mol. The molecule has 4 rings (SSSR count). The second kappa shape index (κ2) is 6.09. The molecule has 26 heavy (non-hydrogen) atoms. The van der Waals surface area contributed by atoms with E-state index in [0.29, 0.717) is 5.69 Å². The quantitative estimate of drug-likeness (QED) is 0.701. The van der Waals surface area contributed by atoms with Crippen molar-refractivity contribution in [3.63, 3.8) is 0 Å². The predicted octanol–water partition coefficient (Wildman–Crippen LogP) is 4.43. The molecule has 1 aliphatic heterocycles. The number of para-hydroxylation sites is 1. The molecule has 132 valence electrons. The predicted molar refractivity (Wildman–Crippen MR) is 98.8 cm³/mol. The van der Waals surface area contributed by atoms with Gasteiger partial charge in [-0.2, -0.15) is 5.10 Å². The maximum Gasteiger partial charge on any atom is 0.280 e. The van der Waals surface area contributed by atoms with Crippen LogP contribution >= 0.6 is 0 Å². The zero-order chi connectivity index (χ0) is 18.4. The Kier molecular flexibility index (Phi) is 3.87. The maximum atomic E-state index is 13.5. The van der Waals surface area contributed by atoms with Gasteiger partial charge in [-0.25, -0.2) is 4.39 Å². The lowest BCUT2D eigenvalue weighted by Crippen LogP contribution is -2.30. The number of carbonyl (C=O) groups is 1. The van der Waals surface area contributed by atoms with E-state index in [1.54, 1.807) is 21.7 Å². The van der Waals surface area contributed by atoms with Gasteiger partial charge in [-0.3, -0.25) is 14.4 Å². The largest absolute Gasteiger partial charge is 0.295 e. The van der Waals surface area contributed by atoms with Crippen LogP contribution in [-0.2, 0) is 7.05 Å². The number of aromatic nitrogens is 2. The highest BCUT2D eigenvalue weighted by Crippen LogP contribution is 2.44. The van der Waals surface area contributed by atoms with Crippen molar-refractivity contribution < 1.29 is 9.18 Å². The molecule has 0 saturated carbocycles. The first-order chi connectivity index (χ1) is 12.5. The Morgan fingerprint density at radius 3 is 2.31 bits per heavy atom. The van der Waals surface area contributed by atoms with Crippen molar-refractivity contribution >= 4 is 11.6 Å². The second-order valence-electron chi connectivity index (χ2n) is 6.89. The van der Waals surface area contributed by atoms with Crippen LogP contribution in [0.15, 0.2) is 54.6 Å². The average molecular weight is 349 g/mol. The summed E-state index contributed by atoms with van der Waals surface area (Å²) in [5.41, 5.74) is 4.11. The molecule has 0 aliphatic carbocycles. The summed E-state index contributed by atoms with van der Waals surface area (Å²) in [7, 11) is 1.87. The molecule has 0 bridgehead atoms. The number of anilines is 1. The van der Waals surface area contributed by atoms with Gasteiger partial charge in [0.1, 0.15) is 5.82 Å². The van der Waals surface area contributed by atoms with Gasteiger partial charge in [-0.05, 0) is 35.7 Å². The molecule has 1 aromatic heterocycles. The first-order valence-electron chi connectivity index (χ1n) is 8.70. The summed E-state index contributed by atoms with van der Waals surface area (Å²) in [6.07, 6.45) is 0. The minimum absolute atomic E-state index is 0.122. The fourth-order valence-corrected chi connectivity index (χ4v) is 3.84. The lowest BCUT2D eigenvalue weighted by Gasteiger charge is -2.27. The van der Waals surface area contributed by atoms with Crippen LogP contribution in [0.1, 0.15) is 53.1 Å². The Morgan fingerprint density at radius 2 is 1.69 bits per heavy atom. The lowest BCUT2D eigenvalue weighted by molar-refractivity contribution is 0.0988. The van der Waals surface area contributed by atoms with E-state index in [0.717, 1.165) is 22.5 Å². The van der Waals surface area contributed by atoms with Gasteiger partial charge < -0.3 is 0 Å². The molecular formula is C21H20FN3O. The number of nitrogens with zero attached hydrogens (tertiary/aromatic N) is 3. The number of aryl methyl sites for hydroxylation is 1. The molecule has 5 heteroatoms. The number of fused-ring (bicyclic) bond motifs is 1. The van der Waals surface area contributed by atoms with Gasteiger partial charge in [0.2, 0.25) is 0 Å². The van der Waals surface area contributed by atoms with Crippen LogP contribution in [0.2, 0.25) is 0 Å². The molecule has 2 heterocycles. The number of hydrogen-bond donors (Lipinski definition) is 0. The van der Waals surface area contributed by atoms with Crippen LogP contribution in [0.5, 0.6) is 0 Å². The molecule has 1 atom stereocenters. The summed E-state index contributed by atoms with van der Waals surface area (Å²) >= 11 is 0. The highest BCUT2D eigenvalue weighted by Gasteiger charge is 2.44. The van der Waals surface area contributed by atoms with Crippen molar-refractivity contribution in [3.05, 3.63) is 82.9 Å². The van der Waals surface area contributed by atoms with E-state index in [9.17, 15) is 9.18 Å². The molecule has 1 amide bonds. The molecule has 1 aliphatic rings. The van der Waals surface area contributed by atoms with Crippen molar-refractivity contribution in [2.45, 2.75) is 25.8 Å². The van der Waals surface area contributed by atoms with Gasteiger partial charge in [0.25, 0.3) is 5.91 Å². The van der Waals surface area contributed by atoms with Gasteiger partial charge in [0, 0.05) is 24.0 Å². The van der Waals surface area contributed by atoms with Crippen LogP contribution < -0.4 is 4.90 Å². The summed E-state index contributed by atoms with van der Waals surface area (Å²) < 4.78 is 15.3. The summed E-state index contributed by atoms with van der Waals surface area (Å²) in [5, 5.41) is 4.51. The van der Waals surface area contributed by atoms with E-state index in [4.69, 9.17) is 0 Å². The Balaban J connectivity index is 1.96. The third-order valence-corrected chi connectivity index (χ3v) is 4.85. The molecule has 2 aromatic carbocycles. The minimum atomic E-state index is -0.313. The summed E-state index contributed by atoms with van der Waals surface area (Å²) in [5.74, 6) is -0.203. The van der Waals surface area contributed by atoms with Crippen molar-refractivity contribution in [2.75, 3.05) is 4.90 Å². The molecule has 0 radical (unpaired) electrons. The topological polar surface area (TPSA) is 38.1 Å². The van der Waals surface area contributed by atoms with Crippen molar-refractivity contribution in [2.24, 2.45) is 7.05 Å². The van der Waals surface area contributed by atoms with Crippen LogP contribution in [-0.4, -0.2) is 15.7 Å². The fourth-order valence-electron chi connectivity index (χ4n) is 3.84. The molecule has 0 N–H and O–H groups in total. The Morgan fingerprint density at radius 1 is 1.04 bits per heavy atom. The molecule has 0 fully saturated rings. The van der Waals surface area contributed by atoms with E-state index in [2.05, 4.69) is 18.9 Å². The molecule has 0 spiro atoms. The van der Waals surface area contributed by atoms with Gasteiger partial charge in [0.05, 0.1) is 6.04 Å². The van der Waals surface area contributed by atoms with Crippen LogP contribution in [0.25, 0.3) is 0 Å². The van der Waals surface area contributed by atoms with Gasteiger partial charge in [-0.15, -0.1) is 0 Å². The Labute approximate surface area is 151 Å². The SMILES string of the molecule is CC(C)c1c2c(nn1C)C(=O)N(c1ccccc1)C2c1ccc(F)cc1. The first-order valence-corrected chi connectivity index (χ1v) is 8.70. The number of benzene rings is 2.